The number of hydrogen-bond acceptors (Lipinski definition) is 6. The lowest BCUT2D eigenvalue weighted by atomic mass is 10.0. The topological polar surface area (TPSA) is 92.6 Å². The summed E-state index contributed by atoms with van der Waals surface area (Å²) in [5, 5.41) is 14.8. The fraction of sp³-hybridized carbons (Fsp3) is 0.333. The van der Waals surface area contributed by atoms with E-state index >= 15 is 0 Å². The van der Waals surface area contributed by atoms with Crippen LogP contribution in [0, 0.1) is 15.9 Å². The molecule has 1 aliphatic heterocycles. The Kier molecular flexibility index (Phi) is 5.31. The summed E-state index contributed by atoms with van der Waals surface area (Å²) in [5.74, 6) is -0.291. The van der Waals surface area contributed by atoms with E-state index in [0.717, 1.165) is 30.9 Å². The van der Waals surface area contributed by atoms with E-state index in [1.807, 2.05) is 4.90 Å². The monoisotopic (exact) mass is 393 g/mol. The van der Waals surface area contributed by atoms with Gasteiger partial charge in [-0.3, -0.25) is 10.1 Å². The number of nitrogens with zero attached hydrogens (tertiary/aromatic N) is 2. The number of anilines is 2. The Morgan fingerprint density at radius 2 is 1.78 bits per heavy atom. The first-order chi connectivity index (χ1) is 12.7. The molecule has 27 heavy (non-hydrogen) atoms. The minimum Gasteiger partial charge on any atom is -0.382 e. The van der Waals surface area contributed by atoms with Crippen LogP contribution in [0.3, 0.4) is 0 Å². The number of piperidine rings is 1. The lowest BCUT2D eigenvalue weighted by Crippen LogP contribution is -2.39. The molecule has 1 aliphatic rings. The zero-order chi connectivity index (χ0) is 19.6. The highest BCUT2D eigenvalue weighted by Gasteiger charge is 2.26. The number of benzene rings is 2. The molecule has 0 aromatic heterocycles. The minimum atomic E-state index is -3.51. The summed E-state index contributed by atoms with van der Waals surface area (Å²) in [6.07, 6.45) is 2.53. The van der Waals surface area contributed by atoms with E-state index in [-0.39, 0.29) is 22.4 Å². The molecule has 0 aliphatic carbocycles. The van der Waals surface area contributed by atoms with Crippen LogP contribution >= 0.6 is 0 Å². The third-order valence-corrected chi connectivity index (χ3v) is 5.73. The van der Waals surface area contributed by atoms with E-state index in [4.69, 9.17) is 0 Å². The molecule has 3 rings (SSSR count). The molecule has 1 fully saturated rings. The third-order valence-electron chi connectivity index (χ3n) is 4.62. The Morgan fingerprint density at radius 1 is 1.15 bits per heavy atom. The van der Waals surface area contributed by atoms with E-state index in [1.165, 1.54) is 24.3 Å². The summed E-state index contributed by atoms with van der Waals surface area (Å²) in [5.41, 5.74) is 1.05. The zero-order valence-electron chi connectivity index (χ0n) is 14.8. The molecule has 144 valence electrons. The first-order valence-electron chi connectivity index (χ1n) is 8.49. The van der Waals surface area contributed by atoms with Gasteiger partial charge in [0.15, 0.2) is 9.84 Å². The largest absolute Gasteiger partial charge is 0.382 e. The Hall–Kier alpha value is -2.68. The molecule has 9 heteroatoms. The standard InChI is InChI=1S/C18H20FN3O4S/c1-27(25,26)16-6-7-17(18(12-16)22(23)24)21-10-8-15(9-11-21)20-14-4-2-13(19)3-5-14/h2-7,12,15,20H,8-11H2,1H3. The van der Waals surface area contributed by atoms with Crippen molar-refractivity contribution in [1.82, 2.24) is 0 Å². The molecule has 0 saturated carbocycles. The number of nitro benzene ring substituents is 1. The number of nitro groups is 1. The van der Waals surface area contributed by atoms with Gasteiger partial charge in [0.05, 0.1) is 9.82 Å². The Balaban J connectivity index is 1.72. The van der Waals surface area contributed by atoms with E-state index in [2.05, 4.69) is 5.32 Å². The van der Waals surface area contributed by atoms with Crippen molar-refractivity contribution >= 4 is 26.9 Å². The normalized spacial score (nSPS) is 15.6. The fourth-order valence-electron chi connectivity index (χ4n) is 3.19. The van der Waals surface area contributed by atoms with Crippen LogP contribution in [0.25, 0.3) is 0 Å². The molecule has 0 unspecified atom stereocenters. The molecule has 0 spiro atoms. The molecule has 7 nitrogen and oxygen atoms in total. The van der Waals surface area contributed by atoms with Gasteiger partial charge in [-0.15, -0.1) is 0 Å². The van der Waals surface area contributed by atoms with E-state index in [9.17, 15) is 22.9 Å². The van der Waals surface area contributed by atoms with Gasteiger partial charge in [-0.2, -0.15) is 0 Å². The van der Waals surface area contributed by atoms with E-state index < -0.39 is 14.8 Å². The third kappa shape index (κ3) is 4.54. The molecule has 0 radical (unpaired) electrons. The van der Waals surface area contributed by atoms with Gasteiger partial charge in [-0.05, 0) is 49.2 Å². The van der Waals surface area contributed by atoms with E-state index in [1.54, 1.807) is 12.1 Å². The van der Waals surface area contributed by atoms with Crippen LogP contribution in [-0.4, -0.2) is 38.7 Å². The van der Waals surface area contributed by atoms with Gasteiger partial charge in [0.25, 0.3) is 5.69 Å². The second kappa shape index (κ2) is 7.51. The molecule has 1 saturated heterocycles. The molecular weight excluding hydrogens is 373 g/mol. The van der Waals surface area contributed by atoms with Crippen molar-refractivity contribution in [3.8, 4) is 0 Å². The zero-order valence-corrected chi connectivity index (χ0v) is 15.6. The molecule has 1 heterocycles. The van der Waals surface area contributed by atoms with Gasteiger partial charge in [-0.25, -0.2) is 12.8 Å². The second-order valence-electron chi connectivity index (χ2n) is 6.59. The number of sulfone groups is 1. The maximum Gasteiger partial charge on any atom is 0.293 e. The smallest absolute Gasteiger partial charge is 0.293 e. The van der Waals surface area contributed by atoms with Crippen LogP contribution in [-0.2, 0) is 9.84 Å². The first kappa shape index (κ1) is 19.1. The summed E-state index contributed by atoms with van der Waals surface area (Å²) in [6.45, 7) is 1.19. The van der Waals surface area contributed by atoms with Crippen molar-refractivity contribution < 1.29 is 17.7 Å². The highest BCUT2D eigenvalue weighted by molar-refractivity contribution is 7.90. The number of halogens is 1. The highest BCUT2D eigenvalue weighted by Crippen LogP contribution is 2.33. The molecule has 2 aromatic carbocycles. The van der Waals surface area contributed by atoms with Gasteiger partial charge in [0.1, 0.15) is 11.5 Å². The lowest BCUT2D eigenvalue weighted by molar-refractivity contribution is -0.384. The molecular formula is C18H20FN3O4S. The van der Waals surface area contributed by atoms with Gasteiger partial charge in [0, 0.05) is 37.1 Å². The lowest BCUT2D eigenvalue weighted by Gasteiger charge is -2.34. The average molecular weight is 393 g/mol. The Labute approximate surface area is 156 Å². The SMILES string of the molecule is CS(=O)(=O)c1ccc(N2CCC(Nc3ccc(F)cc3)CC2)c([N+](=O)[O-])c1. The van der Waals surface area contributed by atoms with Crippen LogP contribution < -0.4 is 10.2 Å². The van der Waals surface area contributed by atoms with Crippen molar-refractivity contribution in [3.05, 3.63) is 58.4 Å². The maximum absolute atomic E-state index is 13.0. The first-order valence-corrected chi connectivity index (χ1v) is 10.4. The van der Waals surface area contributed by atoms with Gasteiger partial charge < -0.3 is 10.2 Å². The Morgan fingerprint density at radius 3 is 2.33 bits per heavy atom. The van der Waals surface area contributed by atoms with Crippen LogP contribution in [0.2, 0.25) is 0 Å². The minimum absolute atomic E-state index is 0.0641. The molecule has 1 N–H and O–H groups in total. The molecule has 2 aromatic rings. The summed E-state index contributed by atoms with van der Waals surface area (Å²) in [4.78, 5) is 12.7. The average Bonchev–Trinajstić information content (AvgIpc) is 2.63. The van der Waals surface area contributed by atoms with Crippen molar-refractivity contribution in [2.75, 3.05) is 29.6 Å². The van der Waals surface area contributed by atoms with Crippen LogP contribution in [0.5, 0.6) is 0 Å². The summed E-state index contributed by atoms with van der Waals surface area (Å²) >= 11 is 0. The second-order valence-corrected chi connectivity index (χ2v) is 8.61. The predicted molar refractivity (Wildman–Crippen MR) is 101 cm³/mol. The number of rotatable bonds is 5. The maximum atomic E-state index is 13.0. The molecule has 0 atom stereocenters. The molecule has 0 bridgehead atoms. The van der Waals surface area contributed by atoms with Crippen LogP contribution in [0.15, 0.2) is 47.4 Å². The van der Waals surface area contributed by atoms with E-state index in [0.29, 0.717) is 18.8 Å². The Bertz CT molecular complexity index is 940. The van der Waals surface area contributed by atoms with Gasteiger partial charge in [0.2, 0.25) is 0 Å². The number of nitrogens with one attached hydrogen (secondary N) is 1. The van der Waals surface area contributed by atoms with Crippen molar-refractivity contribution in [2.45, 2.75) is 23.8 Å². The summed E-state index contributed by atoms with van der Waals surface area (Å²) < 4.78 is 36.3. The summed E-state index contributed by atoms with van der Waals surface area (Å²) in [7, 11) is -3.51. The van der Waals surface area contributed by atoms with Crippen molar-refractivity contribution in [1.29, 1.82) is 0 Å². The fourth-order valence-corrected chi connectivity index (χ4v) is 3.84. The highest BCUT2D eigenvalue weighted by atomic mass is 32.2. The predicted octanol–water partition coefficient (Wildman–Crippen LogP) is 3.22. The van der Waals surface area contributed by atoms with Gasteiger partial charge in [-0.1, -0.05) is 0 Å². The number of hydrogen-bond donors (Lipinski definition) is 1. The van der Waals surface area contributed by atoms with Crippen molar-refractivity contribution in [3.63, 3.8) is 0 Å². The van der Waals surface area contributed by atoms with Crippen LogP contribution in [0.1, 0.15) is 12.8 Å². The van der Waals surface area contributed by atoms with Gasteiger partial charge >= 0.3 is 0 Å². The van der Waals surface area contributed by atoms with Crippen molar-refractivity contribution in [2.24, 2.45) is 0 Å². The molecule has 0 amide bonds. The van der Waals surface area contributed by atoms with Crippen LogP contribution in [0.4, 0.5) is 21.5 Å². The quantitative estimate of drug-likeness (QED) is 0.619. The summed E-state index contributed by atoms with van der Waals surface area (Å²) in [6, 6.07) is 10.3.